The third-order valence-electron chi connectivity index (χ3n) is 5.59. The SMILES string of the molecule is COc1cc(OC)cc(C2(O)CCN(c3ccc(-c4ccc(F)cc4)nn3)CC2)c1. The number of nitrogens with zero attached hydrogens (tertiary/aromatic N) is 3. The van der Waals surface area contributed by atoms with E-state index in [1.54, 1.807) is 32.4 Å². The Morgan fingerprint density at radius 3 is 2.07 bits per heavy atom. The van der Waals surface area contributed by atoms with Gasteiger partial charge in [0, 0.05) is 24.7 Å². The standard InChI is InChI=1S/C23H24FN3O3/c1-29-19-13-17(14-20(15-19)30-2)23(28)9-11-27(12-10-23)22-8-7-21(25-26-22)16-3-5-18(24)6-4-16/h3-8,13-15,28H,9-12H2,1-2H3. The summed E-state index contributed by atoms with van der Waals surface area (Å²) >= 11 is 0. The number of piperidine rings is 1. The summed E-state index contributed by atoms with van der Waals surface area (Å²) in [7, 11) is 3.19. The molecule has 1 aliphatic rings. The summed E-state index contributed by atoms with van der Waals surface area (Å²) in [5, 5.41) is 19.9. The first-order valence-corrected chi connectivity index (χ1v) is 9.81. The number of hydrogen-bond acceptors (Lipinski definition) is 6. The average Bonchev–Trinajstić information content (AvgIpc) is 2.80. The van der Waals surface area contributed by atoms with Crippen LogP contribution in [-0.2, 0) is 5.60 Å². The Morgan fingerprint density at radius 1 is 0.900 bits per heavy atom. The molecule has 0 radical (unpaired) electrons. The maximum absolute atomic E-state index is 13.1. The van der Waals surface area contributed by atoms with Gasteiger partial charge in [0.2, 0.25) is 0 Å². The quantitative estimate of drug-likeness (QED) is 0.692. The van der Waals surface area contributed by atoms with Crippen molar-refractivity contribution in [2.24, 2.45) is 0 Å². The lowest BCUT2D eigenvalue weighted by atomic mass is 9.84. The average molecular weight is 409 g/mol. The van der Waals surface area contributed by atoms with E-state index in [-0.39, 0.29) is 5.82 Å². The second-order valence-corrected chi connectivity index (χ2v) is 7.40. The highest BCUT2D eigenvalue weighted by atomic mass is 19.1. The van der Waals surface area contributed by atoms with Crippen LogP contribution < -0.4 is 14.4 Å². The van der Waals surface area contributed by atoms with Gasteiger partial charge in [-0.05, 0) is 66.9 Å². The summed E-state index contributed by atoms with van der Waals surface area (Å²) in [6, 6.07) is 15.5. The fourth-order valence-electron chi connectivity index (χ4n) is 3.74. The van der Waals surface area contributed by atoms with Crippen LogP contribution in [0.2, 0.25) is 0 Å². The molecule has 0 atom stereocenters. The molecule has 30 heavy (non-hydrogen) atoms. The molecule has 7 heteroatoms. The molecule has 3 aromatic rings. The molecule has 0 bridgehead atoms. The number of anilines is 1. The Balaban J connectivity index is 1.47. The molecule has 2 aromatic carbocycles. The molecule has 0 spiro atoms. The van der Waals surface area contributed by atoms with Gasteiger partial charge in [-0.3, -0.25) is 0 Å². The predicted molar refractivity (Wildman–Crippen MR) is 112 cm³/mol. The second kappa shape index (κ2) is 8.28. The van der Waals surface area contributed by atoms with Crippen molar-refractivity contribution in [1.29, 1.82) is 0 Å². The maximum atomic E-state index is 13.1. The molecule has 156 valence electrons. The van der Waals surface area contributed by atoms with Gasteiger partial charge in [-0.25, -0.2) is 4.39 Å². The van der Waals surface area contributed by atoms with E-state index in [4.69, 9.17) is 9.47 Å². The van der Waals surface area contributed by atoms with E-state index in [1.165, 1.54) is 12.1 Å². The summed E-state index contributed by atoms with van der Waals surface area (Å²) in [6.07, 6.45) is 1.09. The third kappa shape index (κ3) is 4.07. The van der Waals surface area contributed by atoms with Crippen molar-refractivity contribution in [2.75, 3.05) is 32.2 Å². The highest BCUT2D eigenvalue weighted by Gasteiger charge is 2.35. The Morgan fingerprint density at radius 2 is 1.53 bits per heavy atom. The maximum Gasteiger partial charge on any atom is 0.151 e. The minimum absolute atomic E-state index is 0.280. The fraction of sp³-hybridized carbons (Fsp3) is 0.304. The van der Waals surface area contributed by atoms with E-state index in [1.807, 2.05) is 24.3 Å². The minimum Gasteiger partial charge on any atom is -0.497 e. The van der Waals surface area contributed by atoms with Crippen molar-refractivity contribution in [1.82, 2.24) is 10.2 Å². The number of benzene rings is 2. The van der Waals surface area contributed by atoms with Crippen LogP contribution in [0.1, 0.15) is 18.4 Å². The van der Waals surface area contributed by atoms with Gasteiger partial charge in [0.15, 0.2) is 5.82 Å². The molecule has 1 aromatic heterocycles. The van der Waals surface area contributed by atoms with Gasteiger partial charge in [0.25, 0.3) is 0 Å². The molecular weight excluding hydrogens is 385 g/mol. The number of halogens is 1. The molecule has 4 rings (SSSR count). The van der Waals surface area contributed by atoms with Crippen LogP contribution in [-0.4, -0.2) is 42.6 Å². The van der Waals surface area contributed by atoms with Crippen molar-refractivity contribution in [3.63, 3.8) is 0 Å². The normalized spacial score (nSPS) is 15.7. The first-order chi connectivity index (χ1) is 14.5. The summed E-state index contributed by atoms with van der Waals surface area (Å²) in [5.74, 6) is 1.79. The van der Waals surface area contributed by atoms with Crippen LogP contribution in [0.25, 0.3) is 11.3 Å². The number of ether oxygens (including phenoxy) is 2. The Hall–Kier alpha value is -3.19. The van der Waals surface area contributed by atoms with E-state index in [2.05, 4.69) is 15.1 Å². The Kier molecular flexibility index (Phi) is 5.55. The molecule has 1 fully saturated rings. The van der Waals surface area contributed by atoms with Crippen LogP contribution in [0.4, 0.5) is 10.2 Å². The molecule has 0 unspecified atom stereocenters. The summed E-state index contributed by atoms with van der Waals surface area (Å²) < 4.78 is 23.8. The number of hydrogen-bond donors (Lipinski definition) is 1. The third-order valence-corrected chi connectivity index (χ3v) is 5.59. The monoisotopic (exact) mass is 409 g/mol. The van der Waals surface area contributed by atoms with Gasteiger partial charge >= 0.3 is 0 Å². The zero-order valence-corrected chi connectivity index (χ0v) is 17.0. The van der Waals surface area contributed by atoms with Crippen LogP contribution in [0.5, 0.6) is 11.5 Å². The summed E-state index contributed by atoms with van der Waals surface area (Å²) in [5.41, 5.74) is 1.34. The molecular formula is C23H24FN3O3. The van der Waals surface area contributed by atoms with E-state index < -0.39 is 5.60 Å². The number of rotatable bonds is 5. The zero-order valence-electron chi connectivity index (χ0n) is 17.0. The lowest BCUT2D eigenvalue weighted by Crippen LogP contribution is -2.43. The van der Waals surface area contributed by atoms with E-state index in [9.17, 15) is 9.50 Å². The van der Waals surface area contributed by atoms with Crippen LogP contribution in [0.15, 0.2) is 54.6 Å². The molecule has 1 saturated heterocycles. The largest absolute Gasteiger partial charge is 0.497 e. The second-order valence-electron chi connectivity index (χ2n) is 7.40. The summed E-state index contributed by atoms with van der Waals surface area (Å²) in [6.45, 7) is 1.28. The molecule has 1 N–H and O–H groups in total. The number of methoxy groups -OCH3 is 2. The zero-order chi connectivity index (χ0) is 21.1. The van der Waals surface area contributed by atoms with Crippen molar-refractivity contribution >= 4 is 5.82 Å². The van der Waals surface area contributed by atoms with Crippen LogP contribution >= 0.6 is 0 Å². The fourth-order valence-corrected chi connectivity index (χ4v) is 3.74. The molecule has 0 aliphatic carbocycles. The highest BCUT2D eigenvalue weighted by molar-refractivity contribution is 5.59. The lowest BCUT2D eigenvalue weighted by Gasteiger charge is -2.39. The predicted octanol–water partition coefficient (Wildman–Crippen LogP) is 3.79. The van der Waals surface area contributed by atoms with E-state index in [0.717, 1.165) is 16.9 Å². The van der Waals surface area contributed by atoms with Crippen molar-refractivity contribution in [2.45, 2.75) is 18.4 Å². The topological polar surface area (TPSA) is 67.7 Å². The summed E-state index contributed by atoms with van der Waals surface area (Å²) in [4.78, 5) is 2.10. The minimum atomic E-state index is -0.959. The molecule has 6 nitrogen and oxygen atoms in total. The van der Waals surface area contributed by atoms with E-state index in [0.29, 0.717) is 43.1 Å². The van der Waals surface area contributed by atoms with Crippen molar-refractivity contribution in [3.8, 4) is 22.8 Å². The number of aliphatic hydroxyl groups is 1. The van der Waals surface area contributed by atoms with Gasteiger partial charge < -0.3 is 19.5 Å². The molecule has 1 aliphatic heterocycles. The Labute approximate surface area is 174 Å². The van der Waals surface area contributed by atoms with Crippen molar-refractivity contribution in [3.05, 3.63) is 66.0 Å². The van der Waals surface area contributed by atoms with Gasteiger partial charge in [-0.15, -0.1) is 10.2 Å². The van der Waals surface area contributed by atoms with Gasteiger partial charge in [-0.2, -0.15) is 0 Å². The van der Waals surface area contributed by atoms with Crippen molar-refractivity contribution < 1.29 is 19.0 Å². The Bertz CT molecular complexity index is 979. The lowest BCUT2D eigenvalue weighted by molar-refractivity contribution is 0.0113. The smallest absolute Gasteiger partial charge is 0.151 e. The first-order valence-electron chi connectivity index (χ1n) is 9.81. The van der Waals surface area contributed by atoms with Gasteiger partial charge in [-0.1, -0.05) is 0 Å². The highest BCUT2D eigenvalue weighted by Crippen LogP contribution is 2.37. The first kappa shape index (κ1) is 20.1. The number of aromatic nitrogens is 2. The molecule has 0 saturated carbocycles. The molecule has 0 amide bonds. The van der Waals surface area contributed by atoms with Gasteiger partial charge in [0.1, 0.15) is 17.3 Å². The van der Waals surface area contributed by atoms with Gasteiger partial charge in [0.05, 0.1) is 25.5 Å². The van der Waals surface area contributed by atoms with Crippen LogP contribution in [0, 0.1) is 5.82 Å². The van der Waals surface area contributed by atoms with E-state index >= 15 is 0 Å². The van der Waals surface area contributed by atoms with Crippen LogP contribution in [0.3, 0.4) is 0 Å². The molecule has 2 heterocycles.